The van der Waals surface area contributed by atoms with Gasteiger partial charge in [-0.25, -0.2) is 9.79 Å². The highest BCUT2D eigenvalue weighted by molar-refractivity contribution is 7.07. The third-order valence-corrected chi connectivity index (χ3v) is 8.96. The van der Waals surface area contributed by atoms with E-state index in [0.717, 1.165) is 16.7 Å². The summed E-state index contributed by atoms with van der Waals surface area (Å²) in [7, 11) is 1.55. The van der Waals surface area contributed by atoms with Gasteiger partial charge < -0.3 is 14.2 Å². The van der Waals surface area contributed by atoms with Gasteiger partial charge in [-0.1, -0.05) is 113 Å². The summed E-state index contributed by atoms with van der Waals surface area (Å²) in [4.78, 5) is 33.3. The van der Waals surface area contributed by atoms with Gasteiger partial charge in [0.05, 0.1) is 35.6 Å². The summed E-state index contributed by atoms with van der Waals surface area (Å²) in [6, 6.07) is 28.8. The van der Waals surface area contributed by atoms with E-state index in [9.17, 15) is 9.59 Å². The molecule has 0 radical (unpaired) electrons. The van der Waals surface area contributed by atoms with Crippen molar-refractivity contribution in [3.8, 4) is 11.5 Å². The van der Waals surface area contributed by atoms with Crippen LogP contribution in [0.5, 0.6) is 11.5 Å². The number of fused-ring (bicyclic) bond motifs is 1. The number of halogens is 2. The maximum absolute atomic E-state index is 14.3. The molecule has 0 saturated carbocycles. The minimum absolute atomic E-state index is 0.149. The number of hydrogen-bond donors (Lipinski definition) is 0. The summed E-state index contributed by atoms with van der Waals surface area (Å²) in [5.74, 6) is 0.404. The van der Waals surface area contributed by atoms with E-state index < -0.39 is 12.0 Å². The van der Waals surface area contributed by atoms with Gasteiger partial charge in [0, 0.05) is 26.7 Å². The van der Waals surface area contributed by atoms with Crippen LogP contribution < -0.4 is 24.4 Å². The van der Waals surface area contributed by atoms with E-state index in [-0.39, 0.29) is 18.8 Å². The third kappa shape index (κ3) is 6.24. The molecule has 0 amide bonds. The van der Waals surface area contributed by atoms with Crippen molar-refractivity contribution in [2.24, 2.45) is 4.99 Å². The number of esters is 1. The van der Waals surface area contributed by atoms with Crippen molar-refractivity contribution in [2.45, 2.75) is 19.6 Å². The van der Waals surface area contributed by atoms with Gasteiger partial charge in [-0.05, 0) is 36.8 Å². The van der Waals surface area contributed by atoms with Crippen LogP contribution >= 0.6 is 34.5 Å². The minimum Gasteiger partial charge on any atom is -0.493 e. The topological polar surface area (TPSA) is 79.1 Å². The molecule has 7 nitrogen and oxygen atoms in total. The van der Waals surface area contributed by atoms with E-state index >= 15 is 0 Å². The van der Waals surface area contributed by atoms with Gasteiger partial charge in [-0.3, -0.25) is 9.36 Å². The highest BCUT2D eigenvalue weighted by atomic mass is 35.5. The second-order valence-electron chi connectivity index (χ2n) is 10.2. The smallest absolute Gasteiger partial charge is 0.338 e. The predicted molar refractivity (Wildman–Crippen MR) is 181 cm³/mol. The van der Waals surface area contributed by atoms with Gasteiger partial charge in [0.15, 0.2) is 16.3 Å². The first kappa shape index (κ1) is 31.4. The Labute approximate surface area is 279 Å². The van der Waals surface area contributed by atoms with Crippen LogP contribution in [0.4, 0.5) is 0 Å². The molecule has 1 aliphatic heterocycles. The number of carbonyl (C=O) groups excluding carboxylic acids is 1. The van der Waals surface area contributed by atoms with Crippen molar-refractivity contribution in [1.82, 2.24) is 4.57 Å². The zero-order valence-corrected chi connectivity index (χ0v) is 27.2. The molecule has 0 aliphatic carbocycles. The molecule has 4 aromatic carbocycles. The lowest BCUT2D eigenvalue weighted by molar-refractivity contribution is -0.138. The number of hydrogen-bond acceptors (Lipinski definition) is 7. The molecule has 0 saturated heterocycles. The van der Waals surface area contributed by atoms with Gasteiger partial charge in [-0.2, -0.15) is 0 Å². The number of carbonyl (C=O) groups is 1. The number of aromatic nitrogens is 1. The monoisotopic (exact) mass is 670 g/mol. The zero-order chi connectivity index (χ0) is 32.2. The van der Waals surface area contributed by atoms with E-state index in [1.54, 1.807) is 48.9 Å². The maximum Gasteiger partial charge on any atom is 0.338 e. The largest absolute Gasteiger partial charge is 0.493 e. The van der Waals surface area contributed by atoms with Crippen LogP contribution in [-0.4, -0.2) is 24.3 Å². The first-order valence-electron chi connectivity index (χ1n) is 14.5. The van der Waals surface area contributed by atoms with Crippen LogP contribution in [0, 0.1) is 0 Å². The Morgan fingerprint density at radius 2 is 1.72 bits per heavy atom. The molecule has 46 heavy (non-hydrogen) atoms. The Bertz CT molecular complexity index is 2130. The molecule has 1 aromatic heterocycles. The number of nitrogens with zero attached hydrogens (tertiary/aromatic N) is 2. The fourth-order valence-corrected chi connectivity index (χ4v) is 6.74. The molecule has 0 N–H and O–H groups in total. The summed E-state index contributed by atoms with van der Waals surface area (Å²) >= 11 is 13.7. The molecule has 232 valence electrons. The Kier molecular flexibility index (Phi) is 9.40. The predicted octanol–water partition coefficient (Wildman–Crippen LogP) is 6.83. The first-order chi connectivity index (χ1) is 22.4. The molecular formula is C36H28Cl2N2O5S. The van der Waals surface area contributed by atoms with Crippen LogP contribution in [0.25, 0.3) is 11.8 Å². The summed E-state index contributed by atoms with van der Waals surface area (Å²) in [5, 5.41) is 1.00. The van der Waals surface area contributed by atoms with E-state index in [1.807, 2.05) is 72.8 Å². The fraction of sp³-hybridized carbons (Fsp3) is 0.139. The SMILES string of the molecule is CCOC(=O)C1=C(c2ccccc2)N=c2s/c(=C\c3cccc(OC)c3OCc3ccc(Cl)cc3Cl)c(=O)n2[C@@H]1c1ccccc1. The van der Waals surface area contributed by atoms with Crippen molar-refractivity contribution in [3.63, 3.8) is 0 Å². The van der Waals surface area contributed by atoms with E-state index in [4.69, 9.17) is 42.4 Å². The second kappa shape index (κ2) is 13.8. The molecule has 5 aromatic rings. The average molecular weight is 672 g/mol. The van der Waals surface area contributed by atoms with Crippen LogP contribution in [0.3, 0.4) is 0 Å². The molecule has 1 atom stereocenters. The molecule has 0 unspecified atom stereocenters. The van der Waals surface area contributed by atoms with E-state index in [1.165, 1.54) is 11.3 Å². The second-order valence-corrected chi connectivity index (χ2v) is 12.1. The quantitative estimate of drug-likeness (QED) is 0.161. The van der Waals surface area contributed by atoms with Crippen LogP contribution in [0.15, 0.2) is 112 Å². The lowest BCUT2D eigenvalue weighted by Crippen LogP contribution is -2.40. The summed E-state index contributed by atoms with van der Waals surface area (Å²) in [5.41, 5.74) is 3.32. The standard InChI is InChI=1S/C36H28Cl2N2O5S/c1-3-44-35(42)30-31(22-11-6-4-7-12-22)39-36-40(32(30)23-13-8-5-9-14-23)34(41)29(46-36)19-24-15-10-16-28(43-2)33(24)45-21-25-17-18-26(37)20-27(25)38/h4-20,32H,3,21H2,1-2H3/b29-19-/t32-/m1/s1. The third-order valence-electron chi connectivity index (χ3n) is 7.39. The lowest BCUT2D eigenvalue weighted by Gasteiger charge is -2.25. The van der Waals surface area contributed by atoms with Crippen molar-refractivity contribution >= 4 is 52.3 Å². The summed E-state index contributed by atoms with van der Waals surface area (Å²) in [6.45, 7) is 2.08. The number of rotatable bonds is 9. The molecule has 0 bridgehead atoms. The number of para-hydroxylation sites is 1. The average Bonchev–Trinajstić information content (AvgIpc) is 3.38. The highest BCUT2D eigenvalue weighted by Gasteiger charge is 2.35. The molecule has 6 rings (SSSR count). The molecule has 1 aliphatic rings. The maximum atomic E-state index is 14.3. The number of methoxy groups -OCH3 is 1. The van der Waals surface area contributed by atoms with E-state index in [0.29, 0.717) is 47.7 Å². The Morgan fingerprint density at radius 3 is 2.41 bits per heavy atom. The number of benzene rings is 4. The van der Waals surface area contributed by atoms with Crippen LogP contribution in [0.2, 0.25) is 10.0 Å². The van der Waals surface area contributed by atoms with Gasteiger partial charge in [-0.15, -0.1) is 0 Å². The molecule has 0 fully saturated rings. The summed E-state index contributed by atoms with van der Waals surface area (Å²) < 4.78 is 19.4. The highest BCUT2D eigenvalue weighted by Crippen LogP contribution is 2.36. The fourth-order valence-electron chi connectivity index (χ4n) is 5.28. The summed E-state index contributed by atoms with van der Waals surface area (Å²) in [6.07, 6.45) is 1.75. The van der Waals surface area contributed by atoms with Crippen molar-refractivity contribution in [3.05, 3.63) is 155 Å². The van der Waals surface area contributed by atoms with Crippen LogP contribution in [0.1, 0.15) is 35.2 Å². The van der Waals surface area contributed by atoms with Crippen molar-refractivity contribution in [1.29, 1.82) is 0 Å². The lowest BCUT2D eigenvalue weighted by atomic mass is 9.93. The number of thiazole rings is 1. The van der Waals surface area contributed by atoms with E-state index in [2.05, 4.69) is 0 Å². The van der Waals surface area contributed by atoms with Gasteiger partial charge in [0.2, 0.25) is 0 Å². The molecule has 0 spiro atoms. The molecular weight excluding hydrogens is 643 g/mol. The van der Waals surface area contributed by atoms with Crippen molar-refractivity contribution < 1.29 is 19.0 Å². The van der Waals surface area contributed by atoms with Crippen LogP contribution in [-0.2, 0) is 16.1 Å². The Hall–Kier alpha value is -4.63. The van der Waals surface area contributed by atoms with Gasteiger partial charge in [0.1, 0.15) is 6.61 Å². The Morgan fingerprint density at radius 1 is 0.978 bits per heavy atom. The minimum atomic E-state index is -0.762. The van der Waals surface area contributed by atoms with Gasteiger partial charge >= 0.3 is 5.97 Å². The Balaban J connectivity index is 1.53. The normalized spacial score (nSPS) is 14.4. The molecule has 10 heteroatoms. The molecule has 2 heterocycles. The first-order valence-corrected chi connectivity index (χ1v) is 16.0. The van der Waals surface area contributed by atoms with Gasteiger partial charge in [0.25, 0.3) is 5.56 Å². The zero-order valence-electron chi connectivity index (χ0n) is 24.9. The number of ether oxygens (including phenoxy) is 3. The van der Waals surface area contributed by atoms with Crippen molar-refractivity contribution in [2.75, 3.05) is 13.7 Å².